The Morgan fingerprint density at radius 3 is 2.61 bits per heavy atom. The van der Waals surface area contributed by atoms with Crippen molar-refractivity contribution in [2.45, 2.75) is 18.9 Å². The fraction of sp³-hybridized carbons (Fsp3) is 0.250. The molecule has 0 aliphatic carbocycles. The molecule has 122 valence electrons. The highest BCUT2D eigenvalue weighted by Crippen LogP contribution is 2.34. The minimum Gasteiger partial charge on any atom is -0.495 e. The third-order valence-corrected chi connectivity index (χ3v) is 5.03. The van der Waals surface area contributed by atoms with Crippen molar-refractivity contribution in [3.8, 4) is 5.75 Å². The molecule has 1 heterocycles. The van der Waals surface area contributed by atoms with Crippen LogP contribution in [0.5, 0.6) is 5.75 Å². The van der Waals surface area contributed by atoms with E-state index in [9.17, 15) is 9.59 Å². The Bertz CT molecular complexity index is 687. The number of hydrogen-bond donors (Lipinski definition) is 2. The number of hydrogen-bond acceptors (Lipinski definition) is 4. The molecule has 1 amide bonds. The molecule has 1 aromatic carbocycles. The van der Waals surface area contributed by atoms with Crippen molar-refractivity contribution in [3.63, 3.8) is 0 Å². The van der Waals surface area contributed by atoms with Gasteiger partial charge in [-0.1, -0.05) is 30.3 Å². The van der Waals surface area contributed by atoms with Crippen molar-refractivity contribution in [1.82, 2.24) is 5.32 Å². The van der Waals surface area contributed by atoms with Crippen LogP contribution in [0.25, 0.3) is 0 Å². The molecule has 0 saturated carbocycles. The SMILES string of the molecule is COc1cc(C(=O)NC(CCC(=O)O)c2ccccc2)sc1Br. The summed E-state index contributed by atoms with van der Waals surface area (Å²) in [5, 5.41) is 11.8. The lowest BCUT2D eigenvalue weighted by Crippen LogP contribution is -2.28. The van der Waals surface area contributed by atoms with E-state index in [0.29, 0.717) is 17.0 Å². The van der Waals surface area contributed by atoms with Crippen LogP contribution in [0.4, 0.5) is 0 Å². The summed E-state index contributed by atoms with van der Waals surface area (Å²) < 4.78 is 5.89. The number of carbonyl (C=O) groups is 2. The van der Waals surface area contributed by atoms with Gasteiger partial charge in [0.15, 0.2) is 0 Å². The van der Waals surface area contributed by atoms with Gasteiger partial charge in [-0.05, 0) is 27.9 Å². The number of nitrogens with one attached hydrogen (secondary N) is 1. The van der Waals surface area contributed by atoms with E-state index in [1.54, 1.807) is 6.07 Å². The summed E-state index contributed by atoms with van der Waals surface area (Å²) in [6.45, 7) is 0. The van der Waals surface area contributed by atoms with Crippen molar-refractivity contribution in [3.05, 3.63) is 50.6 Å². The Morgan fingerprint density at radius 1 is 1.35 bits per heavy atom. The summed E-state index contributed by atoms with van der Waals surface area (Å²) >= 11 is 4.61. The predicted molar refractivity (Wildman–Crippen MR) is 92.1 cm³/mol. The summed E-state index contributed by atoms with van der Waals surface area (Å²) in [6.07, 6.45) is 0.312. The van der Waals surface area contributed by atoms with E-state index < -0.39 is 5.97 Å². The fourth-order valence-corrected chi connectivity index (χ4v) is 3.66. The molecule has 7 heteroatoms. The average molecular weight is 398 g/mol. The van der Waals surface area contributed by atoms with Gasteiger partial charge in [-0.15, -0.1) is 11.3 Å². The first kappa shape index (κ1) is 17.5. The number of benzene rings is 1. The second-order valence-corrected chi connectivity index (χ2v) is 7.19. The highest BCUT2D eigenvalue weighted by Gasteiger charge is 2.19. The number of halogens is 1. The van der Waals surface area contributed by atoms with Crippen LogP contribution in [-0.4, -0.2) is 24.1 Å². The molecule has 0 saturated heterocycles. The van der Waals surface area contributed by atoms with Crippen LogP contribution in [0.1, 0.15) is 34.1 Å². The molecule has 0 radical (unpaired) electrons. The van der Waals surface area contributed by atoms with Crippen molar-refractivity contribution < 1.29 is 19.4 Å². The molecule has 0 aliphatic heterocycles. The van der Waals surface area contributed by atoms with Crippen LogP contribution in [0.15, 0.2) is 40.2 Å². The third kappa shape index (κ3) is 4.80. The molecule has 1 atom stereocenters. The predicted octanol–water partition coefficient (Wildman–Crippen LogP) is 3.86. The van der Waals surface area contributed by atoms with Crippen LogP contribution in [0, 0.1) is 0 Å². The van der Waals surface area contributed by atoms with Gasteiger partial charge in [0.05, 0.1) is 18.0 Å². The molecule has 0 spiro atoms. The standard InChI is InChI=1S/C16H16BrNO4S/c1-22-12-9-13(23-15(12)17)16(21)18-11(7-8-14(19)20)10-5-3-2-4-6-10/h2-6,9,11H,7-8H2,1H3,(H,18,21)(H,19,20). The van der Waals surface area contributed by atoms with Gasteiger partial charge in [-0.2, -0.15) is 0 Å². The number of rotatable bonds is 7. The van der Waals surface area contributed by atoms with Crippen LogP contribution >= 0.6 is 27.3 Å². The van der Waals surface area contributed by atoms with Gasteiger partial charge in [0.2, 0.25) is 0 Å². The molecule has 0 fully saturated rings. The maximum absolute atomic E-state index is 12.4. The van der Waals surface area contributed by atoms with Gasteiger partial charge in [0.1, 0.15) is 9.54 Å². The van der Waals surface area contributed by atoms with Crippen molar-refractivity contribution in [2.24, 2.45) is 0 Å². The first-order valence-corrected chi connectivity index (χ1v) is 8.53. The Morgan fingerprint density at radius 2 is 2.04 bits per heavy atom. The molecule has 1 aromatic heterocycles. The van der Waals surface area contributed by atoms with Crippen LogP contribution in [0.3, 0.4) is 0 Å². The molecule has 0 aliphatic rings. The van der Waals surface area contributed by atoms with Gasteiger partial charge < -0.3 is 15.2 Å². The Kier molecular flexibility index (Phi) is 6.18. The van der Waals surface area contributed by atoms with E-state index in [4.69, 9.17) is 9.84 Å². The van der Waals surface area contributed by atoms with E-state index in [1.165, 1.54) is 18.4 Å². The highest BCUT2D eigenvalue weighted by atomic mass is 79.9. The first-order valence-electron chi connectivity index (χ1n) is 6.92. The zero-order valence-corrected chi connectivity index (χ0v) is 14.8. The maximum atomic E-state index is 12.4. The van der Waals surface area contributed by atoms with Gasteiger partial charge in [0.25, 0.3) is 5.91 Å². The van der Waals surface area contributed by atoms with Crippen molar-refractivity contribution >= 4 is 39.1 Å². The van der Waals surface area contributed by atoms with E-state index in [0.717, 1.165) is 9.35 Å². The van der Waals surface area contributed by atoms with E-state index >= 15 is 0 Å². The maximum Gasteiger partial charge on any atom is 0.303 e. The van der Waals surface area contributed by atoms with Gasteiger partial charge in [-0.3, -0.25) is 9.59 Å². The second kappa shape index (κ2) is 8.12. The second-order valence-electron chi connectivity index (χ2n) is 4.82. The number of methoxy groups -OCH3 is 1. The number of carbonyl (C=O) groups excluding carboxylic acids is 1. The van der Waals surface area contributed by atoms with Gasteiger partial charge >= 0.3 is 5.97 Å². The number of thiophene rings is 1. The molecule has 2 N–H and O–H groups in total. The largest absolute Gasteiger partial charge is 0.495 e. The molecular weight excluding hydrogens is 382 g/mol. The van der Waals surface area contributed by atoms with Crippen molar-refractivity contribution in [1.29, 1.82) is 0 Å². The third-order valence-electron chi connectivity index (χ3n) is 3.25. The van der Waals surface area contributed by atoms with Crippen LogP contribution in [-0.2, 0) is 4.79 Å². The molecule has 5 nitrogen and oxygen atoms in total. The minimum atomic E-state index is -0.888. The minimum absolute atomic E-state index is 0.0166. The number of carboxylic acid groups (broad SMARTS) is 1. The number of ether oxygens (including phenoxy) is 1. The Labute approximate surface area is 146 Å². The van der Waals surface area contributed by atoms with Gasteiger partial charge in [0, 0.05) is 12.5 Å². The smallest absolute Gasteiger partial charge is 0.303 e. The van der Waals surface area contributed by atoms with Crippen LogP contribution in [0.2, 0.25) is 0 Å². The lowest BCUT2D eigenvalue weighted by Gasteiger charge is -2.18. The lowest BCUT2D eigenvalue weighted by atomic mass is 10.0. The Balaban J connectivity index is 2.15. The molecular formula is C16H16BrNO4S. The van der Waals surface area contributed by atoms with Crippen molar-refractivity contribution in [2.75, 3.05) is 7.11 Å². The van der Waals surface area contributed by atoms with E-state index in [2.05, 4.69) is 21.2 Å². The summed E-state index contributed by atoms with van der Waals surface area (Å²) in [4.78, 5) is 23.8. The quantitative estimate of drug-likeness (QED) is 0.743. The summed E-state index contributed by atoms with van der Waals surface area (Å²) in [7, 11) is 1.54. The normalized spacial score (nSPS) is 11.7. The molecule has 2 rings (SSSR count). The highest BCUT2D eigenvalue weighted by molar-refractivity contribution is 9.11. The van der Waals surface area contributed by atoms with E-state index in [-0.39, 0.29) is 18.4 Å². The summed E-state index contributed by atoms with van der Waals surface area (Å²) in [6, 6.07) is 10.6. The first-order chi connectivity index (χ1) is 11.0. The van der Waals surface area contributed by atoms with Gasteiger partial charge in [-0.25, -0.2) is 0 Å². The Hall–Kier alpha value is -1.86. The number of carboxylic acids is 1. The molecule has 2 aromatic rings. The zero-order valence-electron chi connectivity index (χ0n) is 12.4. The molecule has 23 heavy (non-hydrogen) atoms. The summed E-state index contributed by atoms with van der Waals surface area (Å²) in [5.41, 5.74) is 0.879. The summed E-state index contributed by atoms with van der Waals surface area (Å²) in [5.74, 6) is -0.541. The van der Waals surface area contributed by atoms with Crippen LogP contribution < -0.4 is 10.1 Å². The molecule has 0 bridgehead atoms. The monoisotopic (exact) mass is 397 g/mol. The fourth-order valence-electron chi connectivity index (χ4n) is 2.11. The number of amides is 1. The molecule has 1 unspecified atom stereocenters. The van der Waals surface area contributed by atoms with E-state index in [1.807, 2.05) is 30.3 Å². The zero-order chi connectivity index (χ0) is 16.8. The topological polar surface area (TPSA) is 75.6 Å². The average Bonchev–Trinajstić information content (AvgIpc) is 2.93. The lowest BCUT2D eigenvalue weighted by molar-refractivity contribution is -0.137. The number of aliphatic carboxylic acids is 1.